The topological polar surface area (TPSA) is 84.1 Å². The lowest BCUT2D eigenvalue weighted by molar-refractivity contribution is -0.145. The van der Waals surface area contributed by atoms with Gasteiger partial charge in [-0.15, -0.1) is 0 Å². The van der Waals surface area contributed by atoms with Crippen LogP contribution in [0.4, 0.5) is 0 Å². The normalized spacial score (nSPS) is 12.2. The standard InChI is InChI=1S/C13H21N3O3/c1-4-9(5-2)12(17)16-11(13(18)19-3)6-10-7-14-8-15-10/h7-9,11H,4-6H2,1-3H3,(H,14,15)(H,16,17). The number of nitrogens with zero attached hydrogens (tertiary/aromatic N) is 1. The van der Waals surface area contributed by atoms with E-state index in [0.29, 0.717) is 6.42 Å². The Morgan fingerprint density at radius 3 is 2.58 bits per heavy atom. The third kappa shape index (κ3) is 4.39. The molecule has 0 saturated heterocycles. The minimum atomic E-state index is -0.682. The fourth-order valence-electron chi connectivity index (χ4n) is 1.90. The summed E-state index contributed by atoms with van der Waals surface area (Å²) in [5.74, 6) is -0.636. The molecule has 19 heavy (non-hydrogen) atoms. The maximum Gasteiger partial charge on any atom is 0.328 e. The van der Waals surface area contributed by atoms with Gasteiger partial charge in [0.15, 0.2) is 0 Å². The summed E-state index contributed by atoms with van der Waals surface area (Å²) in [4.78, 5) is 30.5. The molecule has 2 N–H and O–H groups in total. The Morgan fingerprint density at radius 1 is 1.42 bits per heavy atom. The molecular weight excluding hydrogens is 246 g/mol. The van der Waals surface area contributed by atoms with Gasteiger partial charge in [-0.05, 0) is 12.8 Å². The van der Waals surface area contributed by atoms with Crippen molar-refractivity contribution in [1.82, 2.24) is 15.3 Å². The molecule has 1 aromatic heterocycles. The molecule has 0 radical (unpaired) electrons. The first-order chi connectivity index (χ1) is 9.12. The number of aromatic nitrogens is 2. The van der Waals surface area contributed by atoms with Crippen molar-refractivity contribution in [2.45, 2.75) is 39.2 Å². The van der Waals surface area contributed by atoms with Crippen LogP contribution in [0, 0.1) is 5.92 Å². The molecule has 0 aromatic carbocycles. The van der Waals surface area contributed by atoms with Crippen molar-refractivity contribution in [3.8, 4) is 0 Å². The summed E-state index contributed by atoms with van der Waals surface area (Å²) in [5, 5.41) is 2.75. The van der Waals surface area contributed by atoms with E-state index in [1.54, 1.807) is 6.20 Å². The maximum atomic E-state index is 12.0. The van der Waals surface area contributed by atoms with Crippen molar-refractivity contribution >= 4 is 11.9 Å². The van der Waals surface area contributed by atoms with E-state index < -0.39 is 12.0 Å². The molecule has 0 bridgehead atoms. The van der Waals surface area contributed by atoms with Crippen LogP contribution >= 0.6 is 0 Å². The average molecular weight is 267 g/mol. The molecular formula is C13H21N3O3. The number of imidazole rings is 1. The van der Waals surface area contributed by atoms with Crippen LogP contribution in [0.3, 0.4) is 0 Å². The van der Waals surface area contributed by atoms with E-state index >= 15 is 0 Å². The smallest absolute Gasteiger partial charge is 0.328 e. The Balaban J connectivity index is 2.69. The number of hydrogen-bond acceptors (Lipinski definition) is 4. The van der Waals surface area contributed by atoms with Gasteiger partial charge in [0.1, 0.15) is 6.04 Å². The molecule has 6 nitrogen and oxygen atoms in total. The van der Waals surface area contributed by atoms with E-state index in [1.165, 1.54) is 13.4 Å². The van der Waals surface area contributed by atoms with Crippen molar-refractivity contribution in [2.75, 3.05) is 7.11 Å². The summed E-state index contributed by atoms with van der Waals surface area (Å²) in [5.41, 5.74) is 0.778. The number of amides is 1. The molecule has 1 amide bonds. The molecule has 0 saturated carbocycles. The second-order valence-corrected chi connectivity index (χ2v) is 4.38. The predicted molar refractivity (Wildman–Crippen MR) is 70.3 cm³/mol. The Kier molecular flexibility index (Phi) is 6.05. The van der Waals surface area contributed by atoms with Crippen molar-refractivity contribution in [3.63, 3.8) is 0 Å². The Labute approximate surface area is 112 Å². The van der Waals surface area contributed by atoms with Gasteiger partial charge < -0.3 is 15.0 Å². The molecule has 6 heteroatoms. The molecule has 0 aliphatic rings. The lowest BCUT2D eigenvalue weighted by Crippen LogP contribution is -2.45. The fourth-order valence-corrected chi connectivity index (χ4v) is 1.90. The minimum absolute atomic E-state index is 0.0751. The lowest BCUT2D eigenvalue weighted by atomic mass is 10.0. The number of carbonyl (C=O) groups excluding carboxylic acids is 2. The number of ether oxygens (including phenoxy) is 1. The van der Waals surface area contributed by atoms with Crippen molar-refractivity contribution in [2.24, 2.45) is 5.92 Å². The van der Waals surface area contributed by atoms with Crippen molar-refractivity contribution < 1.29 is 14.3 Å². The lowest BCUT2D eigenvalue weighted by Gasteiger charge is -2.19. The maximum absolute atomic E-state index is 12.0. The van der Waals surface area contributed by atoms with Gasteiger partial charge in [-0.25, -0.2) is 9.78 Å². The van der Waals surface area contributed by atoms with Crippen LogP contribution in [-0.4, -0.2) is 35.0 Å². The second-order valence-electron chi connectivity index (χ2n) is 4.38. The first-order valence-corrected chi connectivity index (χ1v) is 6.47. The van der Waals surface area contributed by atoms with Gasteiger partial charge in [0.25, 0.3) is 0 Å². The highest BCUT2D eigenvalue weighted by Gasteiger charge is 2.25. The number of aromatic amines is 1. The van der Waals surface area contributed by atoms with Gasteiger partial charge in [-0.2, -0.15) is 0 Å². The largest absolute Gasteiger partial charge is 0.467 e. The number of rotatable bonds is 7. The van der Waals surface area contributed by atoms with Crippen LogP contribution in [0.1, 0.15) is 32.4 Å². The van der Waals surface area contributed by atoms with Gasteiger partial charge in [-0.3, -0.25) is 4.79 Å². The van der Waals surface area contributed by atoms with E-state index in [2.05, 4.69) is 15.3 Å². The zero-order chi connectivity index (χ0) is 14.3. The van der Waals surface area contributed by atoms with Crippen LogP contribution < -0.4 is 5.32 Å². The van der Waals surface area contributed by atoms with E-state index in [1.807, 2.05) is 13.8 Å². The van der Waals surface area contributed by atoms with Gasteiger partial charge in [-0.1, -0.05) is 13.8 Å². The van der Waals surface area contributed by atoms with E-state index in [9.17, 15) is 9.59 Å². The number of H-pyrrole nitrogens is 1. The number of carbonyl (C=O) groups is 2. The van der Waals surface area contributed by atoms with Gasteiger partial charge in [0.2, 0.25) is 5.91 Å². The molecule has 0 spiro atoms. The summed E-state index contributed by atoms with van der Waals surface area (Å²) in [6.07, 6.45) is 5.00. The summed E-state index contributed by atoms with van der Waals surface area (Å²) in [7, 11) is 1.31. The molecule has 1 rings (SSSR count). The van der Waals surface area contributed by atoms with Gasteiger partial charge in [0.05, 0.1) is 13.4 Å². The number of nitrogens with one attached hydrogen (secondary N) is 2. The predicted octanol–water partition coefficient (Wildman–Crippen LogP) is 1.05. The van der Waals surface area contributed by atoms with Crippen LogP contribution in [0.15, 0.2) is 12.5 Å². The first-order valence-electron chi connectivity index (χ1n) is 6.47. The zero-order valence-electron chi connectivity index (χ0n) is 11.6. The summed E-state index contributed by atoms with van der Waals surface area (Å²) in [6.45, 7) is 3.91. The molecule has 1 unspecified atom stereocenters. The summed E-state index contributed by atoms with van der Waals surface area (Å²) in [6, 6.07) is -0.682. The highest BCUT2D eigenvalue weighted by Crippen LogP contribution is 2.09. The Morgan fingerprint density at radius 2 is 2.11 bits per heavy atom. The quantitative estimate of drug-likeness (QED) is 0.723. The average Bonchev–Trinajstić information content (AvgIpc) is 2.91. The third-order valence-corrected chi connectivity index (χ3v) is 3.14. The van der Waals surface area contributed by atoms with Crippen LogP contribution in [-0.2, 0) is 20.7 Å². The number of hydrogen-bond donors (Lipinski definition) is 2. The SMILES string of the molecule is CCC(CC)C(=O)NC(Cc1cnc[nH]1)C(=O)OC. The van der Waals surface area contributed by atoms with E-state index in [0.717, 1.165) is 18.5 Å². The fraction of sp³-hybridized carbons (Fsp3) is 0.615. The first kappa shape index (κ1) is 15.2. The molecule has 1 heterocycles. The highest BCUT2D eigenvalue weighted by atomic mass is 16.5. The Bertz CT molecular complexity index is 399. The van der Waals surface area contributed by atoms with E-state index in [4.69, 9.17) is 4.74 Å². The van der Waals surface area contributed by atoms with Crippen LogP contribution in [0.5, 0.6) is 0 Å². The van der Waals surface area contributed by atoms with Gasteiger partial charge in [0, 0.05) is 24.2 Å². The van der Waals surface area contributed by atoms with Crippen molar-refractivity contribution in [1.29, 1.82) is 0 Å². The number of methoxy groups -OCH3 is 1. The molecule has 106 valence electrons. The van der Waals surface area contributed by atoms with Gasteiger partial charge >= 0.3 is 5.97 Å². The Hall–Kier alpha value is -1.85. The number of esters is 1. The van der Waals surface area contributed by atoms with E-state index in [-0.39, 0.29) is 11.8 Å². The molecule has 1 atom stereocenters. The van der Waals surface area contributed by atoms with Crippen LogP contribution in [0.25, 0.3) is 0 Å². The molecule has 1 aromatic rings. The molecule has 0 aliphatic carbocycles. The zero-order valence-corrected chi connectivity index (χ0v) is 11.6. The molecule has 0 fully saturated rings. The van der Waals surface area contributed by atoms with Crippen LogP contribution in [0.2, 0.25) is 0 Å². The monoisotopic (exact) mass is 267 g/mol. The summed E-state index contributed by atoms with van der Waals surface area (Å²) < 4.78 is 4.72. The third-order valence-electron chi connectivity index (χ3n) is 3.14. The summed E-state index contributed by atoms with van der Waals surface area (Å²) >= 11 is 0. The second kappa shape index (κ2) is 7.56. The molecule has 0 aliphatic heterocycles. The highest BCUT2D eigenvalue weighted by molar-refractivity contribution is 5.85. The van der Waals surface area contributed by atoms with Crippen molar-refractivity contribution in [3.05, 3.63) is 18.2 Å². The minimum Gasteiger partial charge on any atom is -0.467 e.